The first-order chi connectivity index (χ1) is 15.2. The van der Waals surface area contributed by atoms with Crippen LogP contribution in [-0.2, 0) is 4.74 Å². The number of nitrogens with one attached hydrogen (secondary N) is 1. The van der Waals surface area contributed by atoms with Crippen molar-refractivity contribution in [2.24, 2.45) is 0 Å². The van der Waals surface area contributed by atoms with Gasteiger partial charge in [0.25, 0.3) is 5.91 Å². The van der Waals surface area contributed by atoms with Crippen molar-refractivity contribution in [2.45, 2.75) is 6.42 Å². The van der Waals surface area contributed by atoms with Crippen LogP contribution in [0, 0.1) is 0 Å². The molecule has 1 aliphatic heterocycles. The Labute approximate surface area is 177 Å². The molecule has 5 rings (SSSR count). The standard InChI is InChI=1S/C22H21N5O4/c1-29-10-4-9-24-22(28)18-19-21(26-15-6-3-2-5-14(15)25-19)27(20(18)23)13-7-8-16-17(11-13)31-12-30-16/h2-3,5-8,11H,4,9-10,12,23H2,1H3,(H,24,28). The molecule has 0 atom stereocenters. The molecule has 0 unspecified atom stereocenters. The number of carbonyl (C=O) groups is 1. The van der Waals surface area contributed by atoms with Gasteiger partial charge in [0.15, 0.2) is 17.1 Å². The van der Waals surface area contributed by atoms with Crippen LogP contribution in [-0.4, -0.2) is 47.5 Å². The van der Waals surface area contributed by atoms with E-state index in [1.54, 1.807) is 11.7 Å². The van der Waals surface area contributed by atoms with Crippen LogP contribution in [0.15, 0.2) is 42.5 Å². The van der Waals surface area contributed by atoms with Crippen molar-refractivity contribution in [2.75, 3.05) is 32.8 Å². The average molecular weight is 419 g/mol. The lowest BCUT2D eigenvalue weighted by atomic mass is 10.2. The summed E-state index contributed by atoms with van der Waals surface area (Å²) in [7, 11) is 1.62. The van der Waals surface area contributed by atoms with Gasteiger partial charge in [-0.1, -0.05) is 12.1 Å². The fourth-order valence-electron chi connectivity index (χ4n) is 3.68. The first kappa shape index (κ1) is 19.1. The Morgan fingerprint density at radius 2 is 1.94 bits per heavy atom. The van der Waals surface area contributed by atoms with Crippen LogP contribution >= 0.6 is 0 Å². The number of nitrogens with two attached hydrogens (primary N) is 1. The van der Waals surface area contributed by atoms with E-state index in [4.69, 9.17) is 29.9 Å². The summed E-state index contributed by atoms with van der Waals surface area (Å²) in [6.45, 7) is 1.18. The zero-order valence-electron chi connectivity index (χ0n) is 16.9. The minimum Gasteiger partial charge on any atom is -0.454 e. The van der Waals surface area contributed by atoms with Gasteiger partial charge in [-0.3, -0.25) is 9.36 Å². The maximum absolute atomic E-state index is 13.1. The van der Waals surface area contributed by atoms with Gasteiger partial charge in [0.2, 0.25) is 6.79 Å². The quantitative estimate of drug-likeness (QED) is 0.462. The predicted octanol–water partition coefficient (Wildman–Crippen LogP) is 2.65. The lowest BCUT2D eigenvalue weighted by molar-refractivity contribution is 0.0951. The molecule has 0 saturated heterocycles. The molecule has 1 amide bonds. The van der Waals surface area contributed by atoms with E-state index in [0.29, 0.717) is 64.5 Å². The molecule has 3 heterocycles. The van der Waals surface area contributed by atoms with E-state index < -0.39 is 0 Å². The minimum atomic E-state index is -0.303. The van der Waals surface area contributed by atoms with E-state index >= 15 is 0 Å². The second-order valence-corrected chi connectivity index (χ2v) is 7.12. The zero-order chi connectivity index (χ0) is 21.4. The fraction of sp³-hybridized carbons (Fsp3) is 0.227. The normalized spacial score (nSPS) is 12.5. The number of aromatic nitrogens is 3. The van der Waals surface area contributed by atoms with Gasteiger partial charge in [0.1, 0.15) is 16.9 Å². The Kier molecular flexibility index (Phi) is 4.79. The molecular formula is C22H21N5O4. The monoisotopic (exact) mass is 419 g/mol. The highest BCUT2D eigenvalue weighted by Gasteiger charge is 2.25. The van der Waals surface area contributed by atoms with Crippen molar-refractivity contribution in [3.63, 3.8) is 0 Å². The molecule has 9 heteroatoms. The van der Waals surface area contributed by atoms with Gasteiger partial charge in [-0.05, 0) is 30.7 Å². The van der Waals surface area contributed by atoms with Gasteiger partial charge in [-0.15, -0.1) is 0 Å². The third-order valence-corrected chi connectivity index (χ3v) is 5.15. The minimum absolute atomic E-state index is 0.167. The van der Waals surface area contributed by atoms with Crippen molar-refractivity contribution in [3.8, 4) is 17.2 Å². The van der Waals surface area contributed by atoms with Gasteiger partial charge in [-0.25, -0.2) is 9.97 Å². The molecule has 4 aromatic rings. The fourth-order valence-corrected chi connectivity index (χ4v) is 3.68. The molecule has 0 bridgehead atoms. The molecule has 0 radical (unpaired) electrons. The summed E-state index contributed by atoms with van der Waals surface area (Å²) in [6.07, 6.45) is 0.692. The summed E-state index contributed by atoms with van der Waals surface area (Å²) in [5, 5.41) is 2.90. The molecule has 0 fully saturated rings. The largest absolute Gasteiger partial charge is 0.454 e. The molecular weight excluding hydrogens is 398 g/mol. The number of ether oxygens (including phenoxy) is 3. The predicted molar refractivity (Wildman–Crippen MR) is 116 cm³/mol. The molecule has 0 aliphatic carbocycles. The highest BCUT2D eigenvalue weighted by molar-refractivity contribution is 6.11. The van der Waals surface area contributed by atoms with Gasteiger partial charge >= 0.3 is 0 Å². The SMILES string of the molecule is COCCCNC(=O)c1c(N)n(-c2ccc3c(c2)OCO3)c2nc3ccccc3nc12. The molecule has 1 aliphatic rings. The first-order valence-electron chi connectivity index (χ1n) is 9.91. The van der Waals surface area contributed by atoms with E-state index in [1.165, 1.54) is 0 Å². The van der Waals surface area contributed by atoms with E-state index in [9.17, 15) is 4.79 Å². The van der Waals surface area contributed by atoms with Crippen LogP contribution in [0.5, 0.6) is 11.5 Å². The van der Waals surface area contributed by atoms with Crippen molar-refractivity contribution >= 4 is 33.9 Å². The molecule has 9 nitrogen and oxygen atoms in total. The Morgan fingerprint density at radius 1 is 1.16 bits per heavy atom. The third-order valence-electron chi connectivity index (χ3n) is 5.15. The Morgan fingerprint density at radius 3 is 2.74 bits per heavy atom. The number of anilines is 1. The Bertz CT molecular complexity index is 1300. The van der Waals surface area contributed by atoms with Gasteiger partial charge < -0.3 is 25.3 Å². The number of para-hydroxylation sites is 2. The Balaban J connectivity index is 1.68. The summed E-state index contributed by atoms with van der Waals surface area (Å²) in [6, 6.07) is 13.0. The van der Waals surface area contributed by atoms with Crippen molar-refractivity contribution in [1.82, 2.24) is 19.9 Å². The maximum Gasteiger partial charge on any atom is 0.257 e. The van der Waals surface area contributed by atoms with Crippen LogP contribution in [0.3, 0.4) is 0 Å². The maximum atomic E-state index is 13.1. The summed E-state index contributed by atoms with van der Waals surface area (Å²) >= 11 is 0. The summed E-state index contributed by atoms with van der Waals surface area (Å²) in [4.78, 5) is 22.5. The number of hydrogen-bond donors (Lipinski definition) is 2. The number of nitrogen functional groups attached to an aromatic ring is 1. The zero-order valence-corrected chi connectivity index (χ0v) is 16.9. The highest BCUT2D eigenvalue weighted by Crippen LogP contribution is 2.37. The van der Waals surface area contributed by atoms with Crippen molar-refractivity contribution < 1.29 is 19.0 Å². The Hall–Kier alpha value is -3.85. The number of carbonyl (C=O) groups excluding carboxylic acids is 1. The number of hydrogen-bond acceptors (Lipinski definition) is 7. The highest BCUT2D eigenvalue weighted by atomic mass is 16.7. The van der Waals surface area contributed by atoms with Crippen molar-refractivity contribution in [1.29, 1.82) is 0 Å². The molecule has 2 aromatic heterocycles. The molecule has 0 spiro atoms. The van der Waals surface area contributed by atoms with Crippen LogP contribution in [0.4, 0.5) is 5.82 Å². The second-order valence-electron chi connectivity index (χ2n) is 7.12. The summed E-state index contributed by atoms with van der Waals surface area (Å²) in [5.41, 5.74) is 9.85. The number of rotatable bonds is 6. The third kappa shape index (κ3) is 3.28. The van der Waals surface area contributed by atoms with E-state index in [2.05, 4.69) is 5.32 Å². The van der Waals surface area contributed by atoms with Gasteiger partial charge in [0.05, 0.1) is 16.7 Å². The number of nitrogens with zero attached hydrogens (tertiary/aromatic N) is 3. The van der Waals surface area contributed by atoms with Crippen LogP contribution in [0.2, 0.25) is 0 Å². The van der Waals surface area contributed by atoms with E-state index in [1.807, 2.05) is 42.5 Å². The second kappa shape index (κ2) is 7.77. The topological polar surface area (TPSA) is 114 Å². The van der Waals surface area contributed by atoms with E-state index in [-0.39, 0.29) is 18.5 Å². The van der Waals surface area contributed by atoms with Crippen LogP contribution in [0.1, 0.15) is 16.8 Å². The summed E-state index contributed by atoms with van der Waals surface area (Å²) < 4.78 is 17.7. The molecule has 0 saturated carbocycles. The molecule has 158 valence electrons. The number of methoxy groups -OCH3 is 1. The molecule has 31 heavy (non-hydrogen) atoms. The van der Waals surface area contributed by atoms with Gasteiger partial charge in [0, 0.05) is 26.3 Å². The first-order valence-corrected chi connectivity index (χ1v) is 9.91. The van der Waals surface area contributed by atoms with Crippen LogP contribution in [0.25, 0.3) is 27.9 Å². The van der Waals surface area contributed by atoms with Crippen molar-refractivity contribution in [3.05, 3.63) is 48.0 Å². The van der Waals surface area contributed by atoms with Crippen LogP contribution < -0.4 is 20.5 Å². The van der Waals surface area contributed by atoms with Gasteiger partial charge in [-0.2, -0.15) is 0 Å². The number of amides is 1. The lowest BCUT2D eigenvalue weighted by Crippen LogP contribution is -2.26. The number of fused-ring (bicyclic) bond motifs is 3. The lowest BCUT2D eigenvalue weighted by Gasteiger charge is -2.09. The molecule has 3 N–H and O–H groups in total. The average Bonchev–Trinajstić information content (AvgIpc) is 3.35. The van der Waals surface area contributed by atoms with E-state index in [0.717, 1.165) is 0 Å². The smallest absolute Gasteiger partial charge is 0.257 e. The molecule has 2 aromatic carbocycles. The summed E-state index contributed by atoms with van der Waals surface area (Å²) in [5.74, 6) is 1.22. The number of benzene rings is 2.